The van der Waals surface area contributed by atoms with Crippen molar-refractivity contribution in [3.63, 3.8) is 0 Å². The van der Waals surface area contributed by atoms with Crippen molar-refractivity contribution >= 4 is 5.91 Å². The molecule has 7 nitrogen and oxygen atoms in total. The molecule has 1 aromatic carbocycles. The molecule has 1 aliphatic rings. The fourth-order valence-corrected chi connectivity index (χ4v) is 2.90. The minimum absolute atomic E-state index is 0.0199. The highest BCUT2D eigenvalue weighted by molar-refractivity contribution is 5.78. The van der Waals surface area contributed by atoms with Crippen molar-refractivity contribution in [3.8, 4) is 17.5 Å². The highest BCUT2D eigenvalue weighted by Gasteiger charge is 2.26. The molecule has 0 N–H and O–H groups in total. The molecule has 1 amide bonds. The van der Waals surface area contributed by atoms with E-state index in [2.05, 4.69) is 9.97 Å². The summed E-state index contributed by atoms with van der Waals surface area (Å²) in [5.41, 5.74) is 1.01. The summed E-state index contributed by atoms with van der Waals surface area (Å²) in [5, 5.41) is 0. The molecule has 26 heavy (non-hydrogen) atoms. The van der Waals surface area contributed by atoms with Gasteiger partial charge in [-0.3, -0.25) is 4.79 Å². The molecule has 0 bridgehead atoms. The number of nitrogens with zero attached hydrogens (tertiary/aromatic N) is 3. The SMILES string of the molecule is COc1nccnc1OC1CCCN(C(=O)COc2ccccc2C)C1. The Balaban J connectivity index is 1.56. The molecule has 0 spiro atoms. The Kier molecular flexibility index (Phi) is 5.88. The lowest BCUT2D eigenvalue weighted by Gasteiger charge is -2.32. The lowest BCUT2D eigenvalue weighted by atomic mass is 10.1. The number of methoxy groups -OCH3 is 1. The van der Waals surface area contributed by atoms with E-state index in [4.69, 9.17) is 14.2 Å². The summed E-state index contributed by atoms with van der Waals surface area (Å²) in [6.45, 7) is 3.17. The van der Waals surface area contributed by atoms with Crippen LogP contribution in [0.15, 0.2) is 36.7 Å². The van der Waals surface area contributed by atoms with Gasteiger partial charge in [0.1, 0.15) is 11.9 Å². The van der Waals surface area contributed by atoms with Crippen LogP contribution < -0.4 is 14.2 Å². The summed E-state index contributed by atoms with van der Waals surface area (Å²) in [6, 6.07) is 7.66. The van der Waals surface area contributed by atoms with Gasteiger partial charge in [-0.2, -0.15) is 0 Å². The Morgan fingerprint density at radius 3 is 2.77 bits per heavy atom. The predicted octanol–water partition coefficient (Wildman–Crippen LogP) is 2.24. The quantitative estimate of drug-likeness (QED) is 0.789. The number of aryl methyl sites for hydroxylation is 1. The van der Waals surface area contributed by atoms with E-state index in [-0.39, 0.29) is 18.6 Å². The Morgan fingerprint density at radius 1 is 1.23 bits per heavy atom. The van der Waals surface area contributed by atoms with Gasteiger partial charge in [-0.15, -0.1) is 0 Å². The predicted molar refractivity (Wildman–Crippen MR) is 95.5 cm³/mol. The zero-order valence-corrected chi connectivity index (χ0v) is 15.1. The summed E-state index contributed by atoms with van der Waals surface area (Å²) in [7, 11) is 1.52. The van der Waals surface area contributed by atoms with Crippen molar-refractivity contribution in [3.05, 3.63) is 42.2 Å². The van der Waals surface area contributed by atoms with E-state index in [0.717, 1.165) is 24.2 Å². The molecule has 7 heteroatoms. The smallest absolute Gasteiger partial charge is 0.278 e. The molecule has 1 unspecified atom stereocenters. The van der Waals surface area contributed by atoms with Gasteiger partial charge in [0.15, 0.2) is 6.61 Å². The first-order chi connectivity index (χ1) is 12.7. The number of amides is 1. The van der Waals surface area contributed by atoms with Gasteiger partial charge in [-0.25, -0.2) is 9.97 Å². The maximum absolute atomic E-state index is 12.5. The number of carbonyl (C=O) groups is 1. The van der Waals surface area contributed by atoms with Crippen LogP contribution in [0.2, 0.25) is 0 Å². The maximum atomic E-state index is 12.5. The van der Waals surface area contributed by atoms with Crippen molar-refractivity contribution in [1.82, 2.24) is 14.9 Å². The average molecular weight is 357 g/mol. The van der Waals surface area contributed by atoms with E-state index in [1.165, 1.54) is 7.11 Å². The van der Waals surface area contributed by atoms with Crippen LogP contribution in [-0.2, 0) is 4.79 Å². The van der Waals surface area contributed by atoms with Crippen molar-refractivity contribution in [2.45, 2.75) is 25.9 Å². The second-order valence-electron chi connectivity index (χ2n) is 6.15. The summed E-state index contributed by atoms with van der Waals surface area (Å²) in [4.78, 5) is 22.5. The Bertz CT molecular complexity index is 753. The number of benzene rings is 1. The van der Waals surface area contributed by atoms with Crippen molar-refractivity contribution in [2.24, 2.45) is 0 Å². The van der Waals surface area contributed by atoms with Crippen molar-refractivity contribution in [2.75, 3.05) is 26.8 Å². The number of hydrogen-bond donors (Lipinski definition) is 0. The highest BCUT2D eigenvalue weighted by atomic mass is 16.5. The van der Waals surface area contributed by atoms with Gasteiger partial charge in [0, 0.05) is 18.9 Å². The number of carbonyl (C=O) groups excluding carboxylic acids is 1. The first-order valence-corrected chi connectivity index (χ1v) is 8.65. The van der Waals surface area contributed by atoms with Crippen LogP contribution in [0.4, 0.5) is 0 Å². The molecular formula is C19H23N3O4. The molecule has 3 rings (SSSR count). The third-order valence-electron chi connectivity index (χ3n) is 4.28. The van der Waals surface area contributed by atoms with Gasteiger partial charge in [-0.05, 0) is 31.4 Å². The van der Waals surface area contributed by atoms with Gasteiger partial charge >= 0.3 is 0 Å². The molecule has 0 saturated carbocycles. The van der Waals surface area contributed by atoms with Crippen LogP contribution in [0.1, 0.15) is 18.4 Å². The Morgan fingerprint density at radius 2 is 2.00 bits per heavy atom. The van der Waals surface area contributed by atoms with Crippen LogP contribution in [0.3, 0.4) is 0 Å². The minimum Gasteiger partial charge on any atom is -0.484 e. The summed E-state index contributed by atoms with van der Waals surface area (Å²) < 4.78 is 16.7. The number of likely N-dealkylation sites (tertiary alicyclic amines) is 1. The molecule has 1 aromatic heterocycles. The topological polar surface area (TPSA) is 73.8 Å². The maximum Gasteiger partial charge on any atom is 0.278 e. The zero-order chi connectivity index (χ0) is 18.4. The van der Waals surface area contributed by atoms with E-state index in [0.29, 0.717) is 24.8 Å². The molecule has 1 saturated heterocycles. The second kappa shape index (κ2) is 8.51. The van der Waals surface area contributed by atoms with Crippen LogP contribution in [0.5, 0.6) is 17.5 Å². The van der Waals surface area contributed by atoms with E-state index in [9.17, 15) is 4.79 Å². The minimum atomic E-state index is -0.142. The Hall–Kier alpha value is -2.83. The number of ether oxygens (including phenoxy) is 3. The molecule has 0 radical (unpaired) electrons. The molecule has 0 aliphatic carbocycles. The summed E-state index contributed by atoms with van der Waals surface area (Å²) in [5.74, 6) is 1.38. The third-order valence-corrected chi connectivity index (χ3v) is 4.28. The van der Waals surface area contributed by atoms with Crippen LogP contribution in [-0.4, -0.2) is 53.7 Å². The van der Waals surface area contributed by atoms with Gasteiger partial charge in [-0.1, -0.05) is 18.2 Å². The first kappa shape index (κ1) is 18.0. The molecule has 138 valence electrons. The lowest BCUT2D eigenvalue weighted by molar-refractivity contribution is -0.136. The molecule has 1 atom stereocenters. The largest absolute Gasteiger partial charge is 0.484 e. The van der Waals surface area contributed by atoms with Crippen molar-refractivity contribution in [1.29, 1.82) is 0 Å². The standard InChI is InChI=1S/C19H23N3O4/c1-14-6-3-4-8-16(14)25-13-17(23)22-11-5-7-15(12-22)26-19-18(24-2)20-9-10-21-19/h3-4,6,8-10,15H,5,7,11-13H2,1-2H3. The van der Waals surface area contributed by atoms with E-state index >= 15 is 0 Å². The highest BCUT2D eigenvalue weighted by Crippen LogP contribution is 2.24. The monoisotopic (exact) mass is 357 g/mol. The third kappa shape index (κ3) is 4.41. The molecule has 1 fully saturated rings. The number of aromatic nitrogens is 2. The number of rotatable bonds is 6. The van der Waals surface area contributed by atoms with Gasteiger partial charge in [0.2, 0.25) is 0 Å². The number of hydrogen-bond acceptors (Lipinski definition) is 6. The fourth-order valence-electron chi connectivity index (χ4n) is 2.90. The zero-order valence-electron chi connectivity index (χ0n) is 15.1. The van der Waals surface area contributed by atoms with Crippen LogP contribution in [0.25, 0.3) is 0 Å². The first-order valence-electron chi connectivity index (χ1n) is 8.65. The summed E-state index contributed by atoms with van der Waals surface area (Å²) in [6.07, 6.45) is 4.67. The van der Waals surface area contributed by atoms with Gasteiger partial charge in [0.25, 0.3) is 17.7 Å². The van der Waals surface area contributed by atoms with Crippen LogP contribution in [0, 0.1) is 6.92 Å². The van der Waals surface area contributed by atoms with E-state index < -0.39 is 0 Å². The normalized spacial score (nSPS) is 16.8. The van der Waals surface area contributed by atoms with Gasteiger partial charge < -0.3 is 19.1 Å². The molecule has 2 heterocycles. The summed E-state index contributed by atoms with van der Waals surface area (Å²) >= 11 is 0. The van der Waals surface area contributed by atoms with E-state index in [1.54, 1.807) is 17.3 Å². The van der Waals surface area contributed by atoms with Crippen molar-refractivity contribution < 1.29 is 19.0 Å². The lowest BCUT2D eigenvalue weighted by Crippen LogP contribution is -2.46. The van der Waals surface area contributed by atoms with Crippen LogP contribution >= 0.6 is 0 Å². The van der Waals surface area contributed by atoms with Gasteiger partial charge in [0.05, 0.1) is 13.7 Å². The molecule has 1 aliphatic heterocycles. The number of piperidine rings is 1. The Labute approximate surface area is 152 Å². The molecular weight excluding hydrogens is 334 g/mol. The van der Waals surface area contributed by atoms with E-state index in [1.807, 2.05) is 31.2 Å². The fraction of sp³-hybridized carbons (Fsp3) is 0.421. The average Bonchev–Trinajstić information content (AvgIpc) is 2.68. The second-order valence-corrected chi connectivity index (χ2v) is 6.15. The number of para-hydroxylation sites is 1. The molecule has 2 aromatic rings.